The number of allylic oxidation sites excluding steroid dienone is 9. The molecule has 27 heavy (non-hydrogen) atoms. The number of hydrogen-bond donors (Lipinski definition) is 1. The number of aliphatic hydroxyl groups is 1. The molecule has 0 atom stereocenters. The highest BCUT2D eigenvalue weighted by Gasteiger charge is 2.26. The van der Waals surface area contributed by atoms with Crippen LogP contribution < -0.4 is 0 Å². The Bertz CT molecular complexity index is 700. The molecule has 1 aliphatic rings. The number of Topliss-reactive ketones (excluding diaryl/α,β-unsaturated/α-hetero) is 1. The van der Waals surface area contributed by atoms with Crippen LogP contribution in [0.25, 0.3) is 0 Å². The monoisotopic (exact) mass is 372 g/mol. The minimum absolute atomic E-state index is 0.228. The molecule has 0 fully saturated rings. The van der Waals surface area contributed by atoms with Crippen molar-refractivity contribution < 1.29 is 19.4 Å². The van der Waals surface area contributed by atoms with Gasteiger partial charge in [0.05, 0.1) is 0 Å². The predicted molar refractivity (Wildman–Crippen MR) is 109 cm³/mol. The van der Waals surface area contributed by atoms with Gasteiger partial charge in [-0.25, -0.2) is 4.79 Å². The van der Waals surface area contributed by atoms with Crippen LogP contribution in [0.4, 0.5) is 0 Å². The molecule has 0 saturated carbocycles. The first kappa shape index (κ1) is 22.8. The normalized spacial score (nSPS) is 18.4. The van der Waals surface area contributed by atoms with E-state index in [1.54, 1.807) is 6.92 Å². The van der Waals surface area contributed by atoms with Gasteiger partial charge in [-0.3, -0.25) is 4.79 Å². The Morgan fingerprint density at radius 1 is 1.19 bits per heavy atom. The van der Waals surface area contributed by atoms with Crippen LogP contribution in [0.15, 0.2) is 58.7 Å². The molecule has 0 aromatic rings. The summed E-state index contributed by atoms with van der Waals surface area (Å²) >= 11 is 0. The molecule has 0 amide bonds. The fourth-order valence-corrected chi connectivity index (χ4v) is 3.11. The van der Waals surface area contributed by atoms with Gasteiger partial charge in [-0.05, 0) is 56.6 Å². The zero-order valence-electron chi connectivity index (χ0n) is 17.2. The van der Waals surface area contributed by atoms with Gasteiger partial charge in [-0.1, -0.05) is 55.4 Å². The Kier molecular flexibility index (Phi) is 9.16. The van der Waals surface area contributed by atoms with Crippen LogP contribution >= 0.6 is 0 Å². The van der Waals surface area contributed by atoms with Crippen LogP contribution in [-0.2, 0) is 14.3 Å². The second kappa shape index (κ2) is 10.8. The molecule has 0 spiro atoms. The quantitative estimate of drug-likeness (QED) is 0.383. The maximum atomic E-state index is 11.5. The van der Waals surface area contributed by atoms with Crippen LogP contribution in [0.3, 0.4) is 0 Å². The summed E-state index contributed by atoms with van der Waals surface area (Å²) in [7, 11) is 0. The molecule has 148 valence electrons. The summed E-state index contributed by atoms with van der Waals surface area (Å²) < 4.78 is 4.74. The fourth-order valence-electron chi connectivity index (χ4n) is 3.11. The highest BCUT2D eigenvalue weighted by atomic mass is 16.5. The van der Waals surface area contributed by atoms with E-state index in [2.05, 4.69) is 32.9 Å². The molecule has 0 aliphatic heterocycles. The Morgan fingerprint density at radius 3 is 2.52 bits per heavy atom. The number of carbonyl (C=O) groups is 2. The molecule has 1 aliphatic carbocycles. The number of ketones is 1. The molecule has 0 aromatic heterocycles. The molecule has 1 rings (SSSR count). The summed E-state index contributed by atoms with van der Waals surface area (Å²) in [5, 5.41) is 8.59. The summed E-state index contributed by atoms with van der Waals surface area (Å²) in [5.41, 5.74) is 4.98. The molecule has 1 N–H and O–H groups in total. The van der Waals surface area contributed by atoms with Crippen molar-refractivity contribution in [1.29, 1.82) is 0 Å². The van der Waals surface area contributed by atoms with Gasteiger partial charge < -0.3 is 9.84 Å². The lowest BCUT2D eigenvalue weighted by atomic mass is 9.72. The summed E-state index contributed by atoms with van der Waals surface area (Å²) in [5.74, 6) is -1.12. The number of aliphatic hydroxyl groups excluding tert-OH is 1. The zero-order chi connectivity index (χ0) is 20.4. The van der Waals surface area contributed by atoms with Crippen molar-refractivity contribution >= 4 is 11.8 Å². The van der Waals surface area contributed by atoms with Crippen molar-refractivity contribution in [3.63, 3.8) is 0 Å². The van der Waals surface area contributed by atoms with Crippen LogP contribution in [-0.4, -0.2) is 30.1 Å². The number of ether oxygens (including phenoxy) is 1. The van der Waals surface area contributed by atoms with E-state index in [9.17, 15) is 9.59 Å². The number of esters is 1. The van der Waals surface area contributed by atoms with E-state index in [-0.39, 0.29) is 5.41 Å². The van der Waals surface area contributed by atoms with Crippen molar-refractivity contribution in [1.82, 2.24) is 0 Å². The van der Waals surface area contributed by atoms with E-state index in [1.165, 1.54) is 36.5 Å². The van der Waals surface area contributed by atoms with Crippen molar-refractivity contribution in [2.24, 2.45) is 5.41 Å². The van der Waals surface area contributed by atoms with Crippen molar-refractivity contribution in [2.75, 3.05) is 13.2 Å². The molecule has 0 saturated heterocycles. The van der Waals surface area contributed by atoms with Crippen molar-refractivity contribution in [3.8, 4) is 0 Å². The van der Waals surface area contributed by atoms with Crippen LogP contribution in [0, 0.1) is 5.41 Å². The second-order valence-electron chi connectivity index (χ2n) is 7.73. The first-order valence-electron chi connectivity index (χ1n) is 9.36. The molecule has 0 radical (unpaired) electrons. The number of rotatable bonds is 8. The van der Waals surface area contributed by atoms with E-state index >= 15 is 0 Å². The molecule has 0 bridgehead atoms. The molecular formula is C23H32O4. The summed E-state index contributed by atoms with van der Waals surface area (Å²) in [4.78, 5) is 22.4. The van der Waals surface area contributed by atoms with Gasteiger partial charge in [0.2, 0.25) is 0 Å². The van der Waals surface area contributed by atoms with Gasteiger partial charge in [0.25, 0.3) is 0 Å². The molecule has 4 heteroatoms. The maximum Gasteiger partial charge on any atom is 0.331 e. The van der Waals surface area contributed by atoms with Gasteiger partial charge in [-0.2, -0.15) is 0 Å². The molecule has 0 unspecified atom stereocenters. The van der Waals surface area contributed by atoms with Crippen molar-refractivity contribution in [3.05, 3.63) is 58.7 Å². The van der Waals surface area contributed by atoms with Gasteiger partial charge in [0, 0.05) is 6.08 Å². The Labute approximate surface area is 163 Å². The average Bonchev–Trinajstić information content (AvgIpc) is 2.58. The van der Waals surface area contributed by atoms with E-state index in [1.807, 2.05) is 25.2 Å². The lowest BCUT2D eigenvalue weighted by Gasteiger charge is -2.32. The van der Waals surface area contributed by atoms with E-state index in [0.717, 1.165) is 11.1 Å². The minimum Gasteiger partial charge on any atom is -0.454 e. The maximum absolute atomic E-state index is 11.5. The zero-order valence-corrected chi connectivity index (χ0v) is 17.2. The standard InChI is InChI=1S/C23H32O4/c1-17(11-12-21-19(3)10-7-13-23(21,4)5)8-6-9-18(2)14-22(26)27-16-20(25)15-24/h6,8-9,11-12,14,24H,7,10,13,15-16H2,1-5H3. The molecule has 0 aromatic carbocycles. The minimum atomic E-state index is -0.624. The average molecular weight is 373 g/mol. The summed E-state index contributed by atoms with van der Waals surface area (Å²) in [6.07, 6.45) is 15.0. The SMILES string of the molecule is CC(C=CC1=C(C)CCCC1(C)C)=CC=CC(C)=CC(=O)OCC(=O)CO. The number of hydrogen-bond acceptors (Lipinski definition) is 4. The largest absolute Gasteiger partial charge is 0.454 e. The fraction of sp³-hybridized carbons (Fsp3) is 0.478. The highest BCUT2D eigenvalue weighted by molar-refractivity contribution is 5.87. The van der Waals surface area contributed by atoms with E-state index in [0.29, 0.717) is 0 Å². The van der Waals surface area contributed by atoms with E-state index < -0.39 is 25.0 Å². The first-order valence-corrected chi connectivity index (χ1v) is 9.36. The third kappa shape index (κ3) is 8.35. The highest BCUT2D eigenvalue weighted by Crippen LogP contribution is 2.40. The Balaban J connectivity index is 2.66. The van der Waals surface area contributed by atoms with Gasteiger partial charge in [0.1, 0.15) is 6.61 Å². The van der Waals surface area contributed by atoms with Gasteiger partial charge >= 0.3 is 5.97 Å². The van der Waals surface area contributed by atoms with Crippen LogP contribution in [0.2, 0.25) is 0 Å². The summed E-state index contributed by atoms with van der Waals surface area (Å²) in [6.45, 7) is 9.62. The van der Waals surface area contributed by atoms with Crippen LogP contribution in [0.1, 0.15) is 53.9 Å². The predicted octanol–water partition coefficient (Wildman–Crippen LogP) is 4.62. The third-order valence-corrected chi connectivity index (χ3v) is 4.67. The van der Waals surface area contributed by atoms with E-state index in [4.69, 9.17) is 9.84 Å². The second-order valence-corrected chi connectivity index (χ2v) is 7.73. The van der Waals surface area contributed by atoms with Gasteiger partial charge in [-0.15, -0.1) is 0 Å². The van der Waals surface area contributed by atoms with Crippen molar-refractivity contribution in [2.45, 2.75) is 53.9 Å². The van der Waals surface area contributed by atoms with Gasteiger partial charge in [0.15, 0.2) is 12.4 Å². The first-order chi connectivity index (χ1) is 12.7. The Morgan fingerprint density at radius 2 is 1.89 bits per heavy atom. The smallest absolute Gasteiger partial charge is 0.331 e. The lowest BCUT2D eigenvalue weighted by Crippen LogP contribution is -2.19. The molecular weight excluding hydrogens is 340 g/mol. The third-order valence-electron chi connectivity index (χ3n) is 4.67. The number of carbonyl (C=O) groups excluding carboxylic acids is 2. The Hall–Kier alpha value is -2.20. The van der Waals surface area contributed by atoms with Crippen LogP contribution in [0.5, 0.6) is 0 Å². The molecule has 0 heterocycles. The lowest BCUT2D eigenvalue weighted by molar-refractivity contribution is -0.143. The topological polar surface area (TPSA) is 63.6 Å². The summed E-state index contributed by atoms with van der Waals surface area (Å²) in [6, 6.07) is 0. The molecule has 4 nitrogen and oxygen atoms in total.